The molecule has 0 aliphatic rings. The minimum atomic E-state index is -0.950. The standard InChI is InChI=1S/C6H4NO2.Y/c8-6(9)5-1-3-7-4-2-5;/h1-3H,(H,8,9);/q-1;. The summed E-state index contributed by atoms with van der Waals surface area (Å²) >= 11 is 0. The van der Waals surface area contributed by atoms with Gasteiger partial charge in [-0.3, -0.25) is 4.79 Å². The van der Waals surface area contributed by atoms with Crippen LogP contribution in [0.15, 0.2) is 18.3 Å². The SMILES string of the molecule is O=C(O)c1c[c-]ncc1.[Y]. The summed E-state index contributed by atoms with van der Waals surface area (Å²) in [5.41, 5.74) is 0.213. The van der Waals surface area contributed by atoms with Gasteiger partial charge in [0.05, 0.1) is 0 Å². The van der Waals surface area contributed by atoms with Crippen molar-refractivity contribution in [2.45, 2.75) is 0 Å². The number of carboxylic acid groups (broad SMARTS) is 1. The number of rotatable bonds is 1. The Balaban J connectivity index is 0.000000810. The number of nitrogens with zero attached hydrogens (tertiary/aromatic N) is 1. The van der Waals surface area contributed by atoms with Gasteiger partial charge in [-0.05, 0) is 5.56 Å². The van der Waals surface area contributed by atoms with Crippen LogP contribution in [0.3, 0.4) is 0 Å². The second-order valence-corrected chi connectivity index (χ2v) is 1.48. The van der Waals surface area contributed by atoms with Gasteiger partial charge in [-0.2, -0.15) is 0 Å². The quantitative estimate of drug-likeness (QED) is 0.691. The number of aromatic carboxylic acids is 1. The van der Waals surface area contributed by atoms with Crippen molar-refractivity contribution in [1.82, 2.24) is 4.98 Å². The Morgan fingerprint density at radius 2 is 2.40 bits per heavy atom. The first-order valence-corrected chi connectivity index (χ1v) is 2.36. The van der Waals surface area contributed by atoms with Gasteiger partial charge in [0.2, 0.25) is 0 Å². The van der Waals surface area contributed by atoms with Crippen molar-refractivity contribution in [3.8, 4) is 0 Å². The maximum Gasteiger partial charge on any atom is 0.278 e. The molecule has 3 nitrogen and oxygen atoms in total. The van der Waals surface area contributed by atoms with E-state index >= 15 is 0 Å². The molecule has 0 saturated heterocycles. The van der Waals surface area contributed by atoms with Crippen LogP contribution in [0, 0.1) is 6.20 Å². The third-order valence-electron chi connectivity index (χ3n) is 0.870. The van der Waals surface area contributed by atoms with Gasteiger partial charge in [-0.1, -0.05) is 12.4 Å². The van der Waals surface area contributed by atoms with Gasteiger partial charge in [-0.25, -0.2) is 0 Å². The summed E-state index contributed by atoms with van der Waals surface area (Å²) < 4.78 is 0. The number of aromatic nitrogens is 1. The molecule has 0 amide bonds. The second-order valence-electron chi connectivity index (χ2n) is 1.48. The van der Waals surface area contributed by atoms with Gasteiger partial charge in [0.1, 0.15) is 0 Å². The summed E-state index contributed by atoms with van der Waals surface area (Å²) in [6.45, 7) is 0. The van der Waals surface area contributed by atoms with Gasteiger partial charge < -0.3 is 10.1 Å². The predicted molar refractivity (Wildman–Crippen MR) is 30.0 cm³/mol. The molecule has 1 aromatic rings. The Morgan fingerprint density at radius 3 is 2.70 bits per heavy atom. The zero-order chi connectivity index (χ0) is 6.69. The molecule has 0 saturated carbocycles. The van der Waals surface area contributed by atoms with Crippen LogP contribution >= 0.6 is 0 Å². The summed E-state index contributed by atoms with van der Waals surface area (Å²) in [6.07, 6.45) is 3.80. The van der Waals surface area contributed by atoms with Crippen molar-refractivity contribution in [1.29, 1.82) is 0 Å². The third-order valence-corrected chi connectivity index (χ3v) is 0.870. The molecule has 0 bridgehead atoms. The Hall–Kier alpha value is -0.276. The summed E-state index contributed by atoms with van der Waals surface area (Å²) in [5, 5.41) is 8.34. The molecule has 0 aliphatic heterocycles. The molecule has 0 spiro atoms. The Labute approximate surface area is 83.4 Å². The molecular weight excluding hydrogens is 207 g/mol. The van der Waals surface area contributed by atoms with Crippen molar-refractivity contribution < 1.29 is 42.6 Å². The number of carbonyl (C=O) groups is 1. The van der Waals surface area contributed by atoms with E-state index in [0.717, 1.165) is 0 Å². The molecule has 1 rings (SSSR count). The fourth-order valence-corrected chi connectivity index (χ4v) is 0.449. The van der Waals surface area contributed by atoms with E-state index in [1.54, 1.807) is 0 Å². The maximum absolute atomic E-state index is 10.2. The topological polar surface area (TPSA) is 50.2 Å². The van der Waals surface area contributed by atoms with Gasteiger partial charge in [0, 0.05) is 32.7 Å². The van der Waals surface area contributed by atoms with Crippen LogP contribution in [0.25, 0.3) is 0 Å². The minimum absolute atomic E-state index is 0. The van der Waals surface area contributed by atoms with Crippen LogP contribution in [0.2, 0.25) is 0 Å². The zero-order valence-electron chi connectivity index (χ0n) is 5.11. The molecule has 1 heterocycles. The molecule has 0 atom stereocenters. The smallest absolute Gasteiger partial charge is 0.278 e. The molecule has 0 fully saturated rings. The van der Waals surface area contributed by atoms with E-state index in [0.29, 0.717) is 0 Å². The van der Waals surface area contributed by atoms with Crippen LogP contribution in [-0.4, -0.2) is 16.1 Å². The third kappa shape index (κ3) is 2.54. The van der Waals surface area contributed by atoms with Crippen molar-refractivity contribution in [3.05, 3.63) is 30.1 Å². The monoisotopic (exact) mass is 211 g/mol. The van der Waals surface area contributed by atoms with E-state index in [-0.39, 0.29) is 38.3 Å². The van der Waals surface area contributed by atoms with Crippen LogP contribution < -0.4 is 0 Å². The molecule has 1 aromatic heterocycles. The number of hydrogen-bond donors (Lipinski definition) is 1. The van der Waals surface area contributed by atoms with Crippen LogP contribution in [-0.2, 0) is 32.7 Å². The average Bonchev–Trinajstić information content (AvgIpc) is 1.90. The van der Waals surface area contributed by atoms with Crippen LogP contribution in [0.5, 0.6) is 0 Å². The predicted octanol–water partition coefficient (Wildman–Crippen LogP) is 0.577. The molecular formula is C6H4NO2Y-. The number of hydrogen-bond acceptors (Lipinski definition) is 2. The molecule has 49 valence electrons. The van der Waals surface area contributed by atoms with Crippen LogP contribution in [0.4, 0.5) is 0 Å². The molecule has 0 aliphatic carbocycles. The van der Waals surface area contributed by atoms with Gasteiger partial charge in [0.25, 0.3) is 5.97 Å². The number of pyridine rings is 1. The number of carboxylic acids is 1. The van der Waals surface area contributed by atoms with Gasteiger partial charge in [0.15, 0.2) is 0 Å². The van der Waals surface area contributed by atoms with Crippen molar-refractivity contribution in [3.63, 3.8) is 0 Å². The first-order chi connectivity index (χ1) is 4.30. The maximum atomic E-state index is 10.2. The Bertz CT molecular complexity index is 212. The largest absolute Gasteiger partial charge is 0.487 e. The van der Waals surface area contributed by atoms with E-state index in [1.807, 2.05) is 0 Å². The van der Waals surface area contributed by atoms with E-state index in [1.165, 1.54) is 18.3 Å². The molecule has 0 aromatic carbocycles. The van der Waals surface area contributed by atoms with E-state index in [9.17, 15) is 4.79 Å². The van der Waals surface area contributed by atoms with E-state index in [4.69, 9.17) is 5.11 Å². The molecule has 0 unspecified atom stereocenters. The van der Waals surface area contributed by atoms with Crippen LogP contribution in [0.1, 0.15) is 10.4 Å². The molecule has 4 heteroatoms. The van der Waals surface area contributed by atoms with Gasteiger partial charge in [-0.15, -0.1) is 12.1 Å². The second kappa shape index (κ2) is 4.53. The minimum Gasteiger partial charge on any atom is -0.487 e. The average molecular weight is 211 g/mol. The van der Waals surface area contributed by atoms with E-state index < -0.39 is 5.97 Å². The summed E-state index contributed by atoms with van der Waals surface area (Å²) in [4.78, 5) is 13.7. The summed E-state index contributed by atoms with van der Waals surface area (Å²) in [5.74, 6) is -0.950. The molecule has 1 radical (unpaired) electrons. The first-order valence-electron chi connectivity index (χ1n) is 2.36. The molecule has 10 heavy (non-hydrogen) atoms. The normalized spacial score (nSPS) is 8.00. The first kappa shape index (κ1) is 9.72. The fourth-order valence-electron chi connectivity index (χ4n) is 0.449. The van der Waals surface area contributed by atoms with Crippen molar-refractivity contribution in [2.75, 3.05) is 0 Å². The summed E-state index contributed by atoms with van der Waals surface area (Å²) in [6, 6.07) is 2.74. The molecule has 1 N–H and O–H groups in total. The fraction of sp³-hybridized carbons (Fsp3) is 0. The van der Waals surface area contributed by atoms with Crippen molar-refractivity contribution >= 4 is 5.97 Å². The Kier molecular flexibility index (Phi) is 4.40. The zero-order valence-corrected chi connectivity index (χ0v) is 7.95. The van der Waals surface area contributed by atoms with Crippen molar-refractivity contribution in [2.24, 2.45) is 0 Å². The Morgan fingerprint density at radius 1 is 1.70 bits per heavy atom. The van der Waals surface area contributed by atoms with Gasteiger partial charge >= 0.3 is 0 Å². The van der Waals surface area contributed by atoms with E-state index in [2.05, 4.69) is 11.2 Å². The summed E-state index contributed by atoms with van der Waals surface area (Å²) in [7, 11) is 0.